The summed E-state index contributed by atoms with van der Waals surface area (Å²) >= 11 is 6.33. The molecule has 2 aliphatic carbocycles. The van der Waals surface area contributed by atoms with Crippen molar-refractivity contribution >= 4 is 23.2 Å². The van der Waals surface area contributed by atoms with Crippen LogP contribution in [0.1, 0.15) is 68.9 Å². The minimum Gasteiger partial charge on any atom is -0.490 e. The SMILES string of the molecule is CCOc1cc(C2C3=C(CCCC3=O)N(CCCOC)C3=C2C(=O)CCC3)ccc1OCc1ccccc1Cl. The van der Waals surface area contributed by atoms with E-state index in [4.69, 9.17) is 25.8 Å². The third-order valence-corrected chi connectivity index (χ3v) is 8.13. The van der Waals surface area contributed by atoms with E-state index in [1.54, 1.807) is 7.11 Å². The minimum absolute atomic E-state index is 0.139. The van der Waals surface area contributed by atoms with Gasteiger partial charge in [-0.25, -0.2) is 0 Å². The fourth-order valence-corrected chi connectivity index (χ4v) is 6.24. The van der Waals surface area contributed by atoms with Gasteiger partial charge in [0.15, 0.2) is 23.1 Å². The van der Waals surface area contributed by atoms with Crippen molar-refractivity contribution in [3.63, 3.8) is 0 Å². The maximum Gasteiger partial charge on any atom is 0.161 e. The number of benzene rings is 2. The second-order valence-corrected chi connectivity index (χ2v) is 10.6. The Labute approximate surface area is 235 Å². The lowest BCUT2D eigenvalue weighted by Crippen LogP contribution is -2.39. The summed E-state index contributed by atoms with van der Waals surface area (Å²) < 4.78 is 17.5. The second-order valence-electron chi connectivity index (χ2n) is 10.2. The molecule has 0 atom stereocenters. The molecule has 0 radical (unpaired) electrons. The molecule has 0 N–H and O–H groups in total. The highest BCUT2D eigenvalue weighted by atomic mass is 35.5. The first-order valence-corrected chi connectivity index (χ1v) is 14.3. The van der Waals surface area contributed by atoms with Crippen LogP contribution in [-0.4, -0.2) is 43.3 Å². The molecule has 0 bridgehead atoms. The molecule has 6 nitrogen and oxygen atoms in total. The van der Waals surface area contributed by atoms with E-state index < -0.39 is 0 Å². The highest BCUT2D eigenvalue weighted by Crippen LogP contribution is 2.50. The molecule has 0 saturated heterocycles. The molecular weight excluding hydrogens is 514 g/mol. The Kier molecular flexibility index (Phi) is 8.73. The van der Waals surface area contributed by atoms with Gasteiger partial charge in [0, 0.05) is 72.1 Å². The molecule has 7 heteroatoms. The van der Waals surface area contributed by atoms with Gasteiger partial charge < -0.3 is 19.1 Å². The number of rotatable bonds is 10. The lowest BCUT2D eigenvalue weighted by Gasteiger charge is -2.44. The van der Waals surface area contributed by atoms with E-state index in [0.29, 0.717) is 49.2 Å². The summed E-state index contributed by atoms with van der Waals surface area (Å²) in [7, 11) is 1.70. The number of nitrogens with zero attached hydrogens (tertiary/aromatic N) is 1. The Morgan fingerprint density at radius 3 is 2.23 bits per heavy atom. The number of hydrogen-bond donors (Lipinski definition) is 0. The van der Waals surface area contributed by atoms with Crippen LogP contribution in [0.25, 0.3) is 0 Å². The molecule has 3 aliphatic rings. The van der Waals surface area contributed by atoms with Crippen molar-refractivity contribution in [1.29, 1.82) is 0 Å². The highest BCUT2D eigenvalue weighted by molar-refractivity contribution is 6.31. The molecular formula is C32H36ClNO5. The van der Waals surface area contributed by atoms with Gasteiger partial charge in [0.05, 0.1) is 6.61 Å². The van der Waals surface area contributed by atoms with Crippen LogP contribution in [0.5, 0.6) is 11.5 Å². The monoisotopic (exact) mass is 549 g/mol. The van der Waals surface area contributed by atoms with Gasteiger partial charge in [-0.15, -0.1) is 0 Å². The summed E-state index contributed by atoms with van der Waals surface area (Å²) in [5.74, 6) is 1.09. The topological polar surface area (TPSA) is 65.1 Å². The highest BCUT2D eigenvalue weighted by Gasteiger charge is 2.43. The van der Waals surface area contributed by atoms with Crippen LogP contribution in [0.3, 0.4) is 0 Å². The van der Waals surface area contributed by atoms with E-state index in [2.05, 4.69) is 4.90 Å². The Morgan fingerprint density at radius 2 is 1.59 bits per heavy atom. The van der Waals surface area contributed by atoms with Crippen LogP contribution >= 0.6 is 11.6 Å². The maximum atomic E-state index is 13.5. The van der Waals surface area contributed by atoms with Gasteiger partial charge in [0.25, 0.3) is 0 Å². The van der Waals surface area contributed by atoms with Crippen molar-refractivity contribution in [3.8, 4) is 11.5 Å². The zero-order valence-electron chi connectivity index (χ0n) is 22.8. The van der Waals surface area contributed by atoms with Crippen molar-refractivity contribution in [2.24, 2.45) is 0 Å². The first kappa shape index (κ1) is 27.5. The van der Waals surface area contributed by atoms with Crippen LogP contribution in [0, 0.1) is 0 Å². The Balaban J connectivity index is 1.56. The Bertz CT molecular complexity index is 1270. The van der Waals surface area contributed by atoms with Crippen molar-refractivity contribution < 1.29 is 23.8 Å². The second kappa shape index (κ2) is 12.4. The molecule has 0 spiro atoms. The number of ketones is 2. The zero-order chi connectivity index (χ0) is 27.4. The van der Waals surface area contributed by atoms with Gasteiger partial charge in [-0.3, -0.25) is 9.59 Å². The van der Waals surface area contributed by atoms with Gasteiger partial charge in [0.2, 0.25) is 0 Å². The third-order valence-electron chi connectivity index (χ3n) is 7.76. The van der Waals surface area contributed by atoms with Gasteiger partial charge in [0.1, 0.15) is 6.61 Å². The number of halogens is 1. The van der Waals surface area contributed by atoms with Crippen LogP contribution in [0.2, 0.25) is 5.02 Å². The molecule has 5 rings (SSSR count). The molecule has 0 fully saturated rings. The van der Waals surface area contributed by atoms with Gasteiger partial charge in [-0.2, -0.15) is 0 Å². The van der Waals surface area contributed by atoms with Crippen LogP contribution in [0.15, 0.2) is 65.0 Å². The molecule has 0 unspecified atom stereocenters. The van der Waals surface area contributed by atoms with Gasteiger partial charge >= 0.3 is 0 Å². The van der Waals surface area contributed by atoms with Crippen molar-refractivity contribution in [2.45, 2.75) is 64.4 Å². The Hall–Kier alpha value is -3.09. The number of ether oxygens (including phenoxy) is 3. The van der Waals surface area contributed by atoms with E-state index in [0.717, 1.165) is 72.3 Å². The van der Waals surface area contributed by atoms with Gasteiger partial charge in [-0.05, 0) is 62.8 Å². The average Bonchev–Trinajstić information content (AvgIpc) is 2.94. The summed E-state index contributed by atoms with van der Waals surface area (Å²) in [5, 5.41) is 0.648. The molecule has 1 aliphatic heterocycles. The predicted octanol–water partition coefficient (Wildman–Crippen LogP) is 6.77. The van der Waals surface area contributed by atoms with E-state index in [1.807, 2.05) is 49.4 Å². The quantitative estimate of drug-likeness (QED) is 0.305. The lowest BCUT2D eigenvalue weighted by molar-refractivity contribution is -0.117. The predicted molar refractivity (Wildman–Crippen MR) is 151 cm³/mol. The number of hydrogen-bond acceptors (Lipinski definition) is 6. The summed E-state index contributed by atoms with van der Waals surface area (Å²) in [6.45, 7) is 4.09. The number of carbonyl (C=O) groups excluding carboxylic acids is 2. The summed E-state index contributed by atoms with van der Waals surface area (Å²) in [6.07, 6.45) is 5.20. The van der Waals surface area contributed by atoms with Crippen molar-refractivity contribution in [2.75, 3.05) is 26.9 Å². The van der Waals surface area contributed by atoms with E-state index in [9.17, 15) is 9.59 Å². The third kappa shape index (κ3) is 5.64. The molecule has 206 valence electrons. The molecule has 1 heterocycles. The van der Waals surface area contributed by atoms with E-state index >= 15 is 0 Å². The number of carbonyl (C=O) groups is 2. The largest absolute Gasteiger partial charge is 0.490 e. The van der Waals surface area contributed by atoms with E-state index in [-0.39, 0.29) is 17.5 Å². The standard InChI is InChI=1S/C32H36ClNO5/c1-3-38-29-19-21(15-16-28(29)39-20-22-9-4-5-10-23(22)33)30-31-24(11-6-13-26(31)35)34(17-8-18-37-2)25-12-7-14-27(36)32(25)30/h4-5,9-10,15-16,19,30H,3,6-8,11-14,17-18,20H2,1-2H3. The van der Waals surface area contributed by atoms with Crippen molar-refractivity contribution in [1.82, 2.24) is 4.90 Å². The number of methoxy groups -OCH3 is 1. The molecule has 2 aromatic carbocycles. The molecule has 39 heavy (non-hydrogen) atoms. The first-order valence-electron chi connectivity index (χ1n) is 13.9. The lowest BCUT2D eigenvalue weighted by atomic mass is 9.71. The first-order chi connectivity index (χ1) is 19.0. The van der Waals surface area contributed by atoms with Crippen molar-refractivity contribution in [3.05, 3.63) is 81.2 Å². The summed E-state index contributed by atoms with van der Waals surface area (Å²) in [4.78, 5) is 29.3. The maximum absolute atomic E-state index is 13.5. The smallest absolute Gasteiger partial charge is 0.161 e. The van der Waals surface area contributed by atoms with Crippen LogP contribution < -0.4 is 9.47 Å². The Morgan fingerprint density at radius 1 is 0.897 bits per heavy atom. The zero-order valence-corrected chi connectivity index (χ0v) is 23.5. The fraction of sp³-hybridized carbons (Fsp3) is 0.438. The van der Waals surface area contributed by atoms with E-state index in [1.165, 1.54) is 0 Å². The average molecular weight is 550 g/mol. The fourth-order valence-electron chi connectivity index (χ4n) is 6.05. The molecule has 2 aromatic rings. The molecule has 0 saturated carbocycles. The molecule has 0 aromatic heterocycles. The van der Waals surface area contributed by atoms with Gasteiger partial charge in [-0.1, -0.05) is 35.9 Å². The summed E-state index contributed by atoms with van der Waals surface area (Å²) in [6, 6.07) is 13.4. The van der Waals surface area contributed by atoms with Crippen LogP contribution in [-0.2, 0) is 20.9 Å². The molecule has 0 amide bonds. The number of Topliss-reactive ketones (excluding diaryl/α,β-unsaturated/α-hetero) is 2. The minimum atomic E-state index is -0.383. The summed E-state index contributed by atoms with van der Waals surface area (Å²) in [5.41, 5.74) is 5.50. The number of allylic oxidation sites excluding steroid dienone is 4. The normalized spacial score (nSPS) is 17.9. The van der Waals surface area contributed by atoms with Crippen LogP contribution in [0.4, 0.5) is 0 Å².